The molecule has 0 spiro atoms. The van der Waals surface area contributed by atoms with Gasteiger partial charge in [0.1, 0.15) is 16.2 Å². The number of hydrogen-bond donors (Lipinski definition) is 1. The molecule has 0 radical (unpaired) electrons. The Kier molecular flexibility index (Phi) is 5.04. The van der Waals surface area contributed by atoms with E-state index in [0.717, 1.165) is 18.4 Å². The molecule has 170 valence electrons. The summed E-state index contributed by atoms with van der Waals surface area (Å²) in [5, 5.41) is 0.755. The summed E-state index contributed by atoms with van der Waals surface area (Å²) in [4.78, 5) is 16.9. The number of nitrogens with one attached hydrogen (secondary N) is 1. The first kappa shape index (κ1) is 21.3. The van der Waals surface area contributed by atoms with Gasteiger partial charge in [0.05, 0.1) is 10.9 Å². The van der Waals surface area contributed by atoms with Crippen LogP contribution < -0.4 is 9.46 Å². The Hall–Kier alpha value is -3.53. The van der Waals surface area contributed by atoms with Crippen LogP contribution in [0.25, 0.3) is 21.9 Å². The number of nitrogens with zero attached hydrogens (tertiary/aromatic N) is 1. The summed E-state index contributed by atoms with van der Waals surface area (Å²) in [6.45, 7) is -1.33. The van der Waals surface area contributed by atoms with Gasteiger partial charge in [-0.1, -0.05) is 18.2 Å². The second-order valence-electron chi connectivity index (χ2n) is 7.91. The number of alkyl halides is 2. The van der Waals surface area contributed by atoms with Crippen LogP contribution >= 0.6 is 0 Å². The smallest absolute Gasteiger partial charge is 0.387 e. The molecule has 0 bridgehead atoms. The number of rotatable bonds is 6. The molecule has 1 aliphatic carbocycles. The Bertz CT molecular complexity index is 1510. The largest absolute Gasteiger partial charge is 0.451 e. The van der Waals surface area contributed by atoms with Gasteiger partial charge in [-0.3, -0.25) is 9.78 Å². The first-order chi connectivity index (χ1) is 15.7. The minimum Gasteiger partial charge on any atom is -0.451 e. The molecular formula is C23H18F2N2O5S. The number of furan rings is 1. The van der Waals surface area contributed by atoms with Crippen LogP contribution in [0.5, 0.6) is 5.75 Å². The molecule has 0 aliphatic heterocycles. The summed E-state index contributed by atoms with van der Waals surface area (Å²) < 4.78 is 63.9. The second kappa shape index (κ2) is 7.80. The highest BCUT2D eigenvalue weighted by Crippen LogP contribution is 2.44. The van der Waals surface area contributed by atoms with E-state index in [1.807, 2.05) is 4.72 Å². The molecule has 0 unspecified atom stereocenters. The molecule has 10 heteroatoms. The summed E-state index contributed by atoms with van der Waals surface area (Å²) >= 11 is 0. The van der Waals surface area contributed by atoms with Crippen molar-refractivity contribution in [1.82, 2.24) is 9.71 Å². The number of ether oxygens (including phenoxy) is 1. The lowest BCUT2D eigenvalue weighted by atomic mass is 10.1. The summed E-state index contributed by atoms with van der Waals surface area (Å²) in [6.07, 6.45) is 1.84. The summed E-state index contributed by atoms with van der Waals surface area (Å²) in [5.41, 5.74) is 1.78. The van der Waals surface area contributed by atoms with Crippen molar-refractivity contribution in [2.45, 2.75) is 37.2 Å². The van der Waals surface area contributed by atoms with Crippen molar-refractivity contribution in [3.63, 3.8) is 0 Å². The molecule has 2 heterocycles. The van der Waals surface area contributed by atoms with Gasteiger partial charge in [0.25, 0.3) is 10.0 Å². The fraction of sp³-hybridized carbons (Fsp3) is 0.217. The van der Waals surface area contributed by atoms with Crippen LogP contribution in [0.1, 0.15) is 40.6 Å². The number of aromatic nitrogens is 1. The molecule has 0 atom stereocenters. The van der Waals surface area contributed by atoms with Crippen LogP contribution in [0, 0.1) is 6.92 Å². The van der Waals surface area contributed by atoms with Gasteiger partial charge in [0.15, 0.2) is 5.76 Å². The Morgan fingerprint density at radius 1 is 1.18 bits per heavy atom. The van der Waals surface area contributed by atoms with Crippen LogP contribution in [0.15, 0.2) is 57.8 Å². The van der Waals surface area contributed by atoms with Gasteiger partial charge in [0.2, 0.25) is 0 Å². The van der Waals surface area contributed by atoms with Gasteiger partial charge < -0.3 is 9.15 Å². The molecule has 1 saturated carbocycles. The standard InChI is InChI=1S/C23H18F2N2O5S/c1-12-5-6-14-3-2-4-20(21(14)26-12)33(29,30)27-22(28)19-11-16-17(31-19)9-15(13-7-8-13)10-18(16)32-23(24)25/h2-6,9-11,13,23H,7-8H2,1H3,(H,27,28). The number of para-hydroxylation sites is 1. The molecule has 4 aromatic rings. The van der Waals surface area contributed by atoms with E-state index in [2.05, 4.69) is 9.72 Å². The van der Waals surface area contributed by atoms with Crippen LogP contribution in [0.3, 0.4) is 0 Å². The molecular weight excluding hydrogens is 454 g/mol. The molecule has 1 amide bonds. The number of pyridine rings is 1. The molecule has 1 fully saturated rings. The lowest BCUT2D eigenvalue weighted by molar-refractivity contribution is -0.0488. The lowest BCUT2D eigenvalue weighted by Crippen LogP contribution is -2.30. The highest BCUT2D eigenvalue weighted by Gasteiger charge is 2.28. The normalized spacial score (nSPS) is 14.2. The number of hydrogen-bond acceptors (Lipinski definition) is 6. The van der Waals surface area contributed by atoms with Gasteiger partial charge in [-0.2, -0.15) is 8.78 Å². The van der Waals surface area contributed by atoms with E-state index in [0.29, 0.717) is 11.1 Å². The van der Waals surface area contributed by atoms with Crippen LogP contribution in [0.4, 0.5) is 8.78 Å². The van der Waals surface area contributed by atoms with Crippen molar-refractivity contribution >= 4 is 37.8 Å². The molecule has 1 aliphatic rings. The number of carbonyl (C=O) groups excluding carboxylic acids is 1. The Morgan fingerprint density at radius 2 is 1.97 bits per heavy atom. The zero-order chi connectivity index (χ0) is 23.3. The van der Waals surface area contributed by atoms with Crippen LogP contribution in [-0.2, 0) is 10.0 Å². The van der Waals surface area contributed by atoms with Gasteiger partial charge in [-0.15, -0.1) is 0 Å². The topological polar surface area (TPSA) is 98.5 Å². The zero-order valence-electron chi connectivity index (χ0n) is 17.3. The van der Waals surface area contributed by atoms with Crippen molar-refractivity contribution in [3.05, 3.63) is 65.5 Å². The third kappa shape index (κ3) is 4.13. The van der Waals surface area contributed by atoms with E-state index in [-0.39, 0.29) is 38.8 Å². The van der Waals surface area contributed by atoms with E-state index in [4.69, 9.17) is 4.42 Å². The number of carbonyl (C=O) groups is 1. The molecule has 2 aromatic heterocycles. The first-order valence-corrected chi connectivity index (χ1v) is 11.7. The van der Waals surface area contributed by atoms with Crippen molar-refractivity contribution < 1.29 is 31.1 Å². The maximum absolute atomic E-state index is 13.0. The average Bonchev–Trinajstić information content (AvgIpc) is 3.51. The highest BCUT2D eigenvalue weighted by atomic mass is 32.2. The van der Waals surface area contributed by atoms with Gasteiger partial charge in [0, 0.05) is 17.1 Å². The predicted octanol–water partition coefficient (Wildman–Crippen LogP) is 4.89. The predicted molar refractivity (Wildman–Crippen MR) is 116 cm³/mol. The van der Waals surface area contributed by atoms with Crippen LogP contribution in [0.2, 0.25) is 0 Å². The summed E-state index contributed by atoms with van der Waals surface area (Å²) in [7, 11) is -4.30. The Labute approximate surface area is 187 Å². The molecule has 2 aromatic carbocycles. The number of sulfonamides is 1. The Balaban J connectivity index is 1.51. The summed E-state index contributed by atoms with van der Waals surface area (Å²) in [6, 6.07) is 12.5. The highest BCUT2D eigenvalue weighted by molar-refractivity contribution is 7.90. The molecule has 1 N–H and O–H groups in total. The van der Waals surface area contributed by atoms with Gasteiger partial charge in [-0.25, -0.2) is 13.1 Å². The number of benzene rings is 2. The number of halogens is 2. The fourth-order valence-electron chi connectivity index (χ4n) is 3.75. The summed E-state index contributed by atoms with van der Waals surface area (Å²) in [5.74, 6) is -1.28. The van der Waals surface area contributed by atoms with Crippen molar-refractivity contribution in [2.75, 3.05) is 0 Å². The lowest BCUT2D eigenvalue weighted by Gasteiger charge is -2.08. The monoisotopic (exact) mass is 472 g/mol. The number of fused-ring (bicyclic) bond motifs is 2. The fourth-order valence-corrected chi connectivity index (χ4v) is 4.88. The average molecular weight is 472 g/mol. The number of aryl methyl sites for hydroxylation is 1. The number of amides is 1. The molecule has 5 rings (SSSR count). The Morgan fingerprint density at radius 3 is 2.70 bits per heavy atom. The van der Waals surface area contributed by atoms with Crippen molar-refractivity contribution in [1.29, 1.82) is 0 Å². The quantitative estimate of drug-likeness (QED) is 0.429. The first-order valence-electron chi connectivity index (χ1n) is 10.2. The molecule has 0 saturated heterocycles. The molecule has 33 heavy (non-hydrogen) atoms. The van der Waals surface area contributed by atoms with Gasteiger partial charge >= 0.3 is 12.5 Å². The van der Waals surface area contributed by atoms with E-state index in [1.54, 1.807) is 37.3 Å². The van der Waals surface area contributed by atoms with E-state index >= 15 is 0 Å². The maximum Gasteiger partial charge on any atom is 0.387 e. The second-order valence-corrected chi connectivity index (χ2v) is 9.56. The van der Waals surface area contributed by atoms with Crippen LogP contribution in [-0.4, -0.2) is 25.9 Å². The van der Waals surface area contributed by atoms with E-state index < -0.39 is 22.5 Å². The van der Waals surface area contributed by atoms with Gasteiger partial charge in [-0.05, 0) is 55.5 Å². The maximum atomic E-state index is 13.0. The third-order valence-electron chi connectivity index (χ3n) is 5.45. The van der Waals surface area contributed by atoms with E-state index in [1.165, 1.54) is 18.2 Å². The minimum absolute atomic E-state index is 0.121. The van der Waals surface area contributed by atoms with Crippen molar-refractivity contribution in [2.24, 2.45) is 0 Å². The molecule has 7 nitrogen and oxygen atoms in total. The third-order valence-corrected chi connectivity index (χ3v) is 6.81. The zero-order valence-corrected chi connectivity index (χ0v) is 18.2. The van der Waals surface area contributed by atoms with E-state index in [9.17, 15) is 22.0 Å². The minimum atomic E-state index is -4.30. The SMILES string of the molecule is Cc1ccc2cccc(S(=O)(=O)NC(=O)c3cc4c(OC(F)F)cc(C5CC5)cc4o3)c2n1. The van der Waals surface area contributed by atoms with Crippen molar-refractivity contribution in [3.8, 4) is 5.75 Å².